The van der Waals surface area contributed by atoms with Gasteiger partial charge in [0.1, 0.15) is 6.04 Å². The molecule has 0 spiro atoms. The third-order valence-electron chi connectivity index (χ3n) is 3.51. The van der Waals surface area contributed by atoms with Crippen molar-refractivity contribution in [2.45, 2.75) is 46.1 Å². The molecule has 118 valence electrons. The number of carbonyl (C=O) groups excluding carboxylic acids is 1. The monoisotopic (exact) mass is 288 g/mol. The molecule has 0 aliphatic heterocycles. The van der Waals surface area contributed by atoms with Crippen LogP contribution in [0.3, 0.4) is 0 Å². The second-order valence-corrected chi connectivity index (χ2v) is 4.84. The molecule has 0 rings (SSSR count). The summed E-state index contributed by atoms with van der Waals surface area (Å²) in [5, 5.41) is 11.7. The molecule has 0 aliphatic carbocycles. The Hall–Kier alpha value is -1.30. The second kappa shape index (κ2) is 10.5. The molecule has 1 atom stereocenters. The molecule has 0 aliphatic rings. The number of rotatable bonds is 10. The Balaban J connectivity index is 4.53. The Bertz CT molecular complexity index is 293. The van der Waals surface area contributed by atoms with Crippen molar-refractivity contribution >= 4 is 12.0 Å². The highest BCUT2D eigenvalue weighted by molar-refractivity contribution is 5.82. The summed E-state index contributed by atoms with van der Waals surface area (Å²) in [7, 11) is 1.51. The first-order valence-electron chi connectivity index (χ1n) is 7.27. The predicted molar refractivity (Wildman–Crippen MR) is 77.8 cm³/mol. The van der Waals surface area contributed by atoms with Gasteiger partial charge in [-0.3, -0.25) is 0 Å². The third kappa shape index (κ3) is 6.75. The van der Waals surface area contributed by atoms with Crippen LogP contribution in [0, 0.1) is 5.92 Å². The van der Waals surface area contributed by atoms with Crippen LogP contribution in [0.4, 0.5) is 4.79 Å². The lowest BCUT2D eigenvalue weighted by molar-refractivity contribution is -0.139. The van der Waals surface area contributed by atoms with Gasteiger partial charge < -0.3 is 20.1 Å². The Morgan fingerprint density at radius 1 is 1.25 bits per heavy atom. The van der Waals surface area contributed by atoms with E-state index in [4.69, 9.17) is 9.84 Å². The van der Waals surface area contributed by atoms with E-state index in [2.05, 4.69) is 19.2 Å². The van der Waals surface area contributed by atoms with Crippen molar-refractivity contribution in [2.75, 3.05) is 26.8 Å². The van der Waals surface area contributed by atoms with Gasteiger partial charge in [0, 0.05) is 33.2 Å². The third-order valence-corrected chi connectivity index (χ3v) is 3.51. The highest BCUT2D eigenvalue weighted by Crippen LogP contribution is 2.10. The molecule has 0 aromatic carbocycles. The zero-order valence-corrected chi connectivity index (χ0v) is 13.0. The molecule has 0 saturated heterocycles. The molecule has 0 radical (unpaired) electrons. The van der Waals surface area contributed by atoms with Crippen LogP contribution in [0.15, 0.2) is 0 Å². The van der Waals surface area contributed by atoms with Crippen molar-refractivity contribution in [3.8, 4) is 0 Å². The Kier molecular flexibility index (Phi) is 9.80. The molecule has 0 heterocycles. The first-order chi connectivity index (χ1) is 9.49. The van der Waals surface area contributed by atoms with Crippen LogP contribution in [0.1, 0.15) is 40.0 Å². The number of hydrogen-bond acceptors (Lipinski definition) is 3. The average Bonchev–Trinajstić information content (AvgIpc) is 2.44. The van der Waals surface area contributed by atoms with Crippen LogP contribution in [-0.2, 0) is 9.53 Å². The van der Waals surface area contributed by atoms with E-state index in [1.165, 1.54) is 7.11 Å². The Morgan fingerprint density at radius 3 is 2.25 bits per heavy atom. The van der Waals surface area contributed by atoms with Crippen molar-refractivity contribution in [3.05, 3.63) is 0 Å². The largest absolute Gasteiger partial charge is 0.480 e. The molecular weight excluding hydrogens is 260 g/mol. The van der Waals surface area contributed by atoms with E-state index < -0.39 is 12.0 Å². The fourth-order valence-corrected chi connectivity index (χ4v) is 1.95. The maximum Gasteiger partial charge on any atom is 0.326 e. The molecule has 0 bridgehead atoms. The number of carbonyl (C=O) groups is 2. The smallest absolute Gasteiger partial charge is 0.326 e. The van der Waals surface area contributed by atoms with Crippen LogP contribution >= 0.6 is 0 Å². The maximum absolute atomic E-state index is 12.1. The molecule has 2 N–H and O–H groups in total. The van der Waals surface area contributed by atoms with E-state index in [1.54, 1.807) is 4.90 Å². The van der Waals surface area contributed by atoms with E-state index in [9.17, 15) is 9.59 Å². The summed E-state index contributed by atoms with van der Waals surface area (Å²) in [6.45, 7) is 7.62. The molecule has 6 nitrogen and oxygen atoms in total. The zero-order chi connectivity index (χ0) is 15.5. The quantitative estimate of drug-likeness (QED) is 0.644. The topological polar surface area (TPSA) is 78.9 Å². The van der Waals surface area contributed by atoms with E-state index >= 15 is 0 Å². The van der Waals surface area contributed by atoms with Gasteiger partial charge in [-0.15, -0.1) is 0 Å². The number of carboxylic acid groups (broad SMARTS) is 1. The minimum Gasteiger partial charge on any atom is -0.480 e. The summed E-state index contributed by atoms with van der Waals surface area (Å²) in [6, 6.07) is -1.22. The number of amides is 2. The lowest BCUT2D eigenvalue weighted by atomic mass is 10.0. The number of carboxylic acids is 1. The molecule has 0 aromatic rings. The van der Waals surface area contributed by atoms with E-state index in [1.807, 2.05) is 6.92 Å². The molecule has 2 amide bonds. The minimum absolute atomic E-state index is 0.264. The predicted octanol–water partition coefficient (Wildman–Crippen LogP) is 1.94. The van der Waals surface area contributed by atoms with Gasteiger partial charge in [-0.25, -0.2) is 9.59 Å². The van der Waals surface area contributed by atoms with E-state index in [0.717, 1.165) is 12.8 Å². The molecule has 0 fully saturated rings. The number of urea groups is 1. The summed E-state index contributed by atoms with van der Waals surface area (Å²) in [6.07, 6.45) is 2.28. The molecule has 0 aromatic heterocycles. The van der Waals surface area contributed by atoms with E-state index in [-0.39, 0.29) is 12.5 Å². The Morgan fingerprint density at radius 2 is 1.85 bits per heavy atom. The van der Waals surface area contributed by atoms with E-state index in [0.29, 0.717) is 25.6 Å². The van der Waals surface area contributed by atoms with Crippen molar-refractivity contribution in [3.63, 3.8) is 0 Å². The summed E-state index contributed by atoms with van der Waals surface area (Å²) in [5.41, 5.74) is 0. The molecular formula is C14H28N2O4. The summed E-state index contributed by atoms with van der Waals surface area (Å²) >= 11 is 0. The molecule has 6 heteroatoms. The van der Waals surface area contributed by atoms with Gasteiger partial charge in [-0.2, -0.15) is 0 Å². The fraction of sp³-hybridized carbons (Fsp3) is 0.857. The number of methoxy groups -OCH3 is 1. The first kappa shape index (κ1) is 18.7. The summed E-state index contributed by atoms with van der Waals surface area (Å²) in [4.78, 5) is 24.9. The lowest BCUT2D eigenvalue weighted by Crippen LogP contribution is -2.49. The van der Waals surface area contributed by atoms with Crippen LogP contribution in [0.25, 0.3) is 0 Å². The van der Waals surface area contributed by atoms with Crippen LogP contribution in [-0.4, -0.2) is 54.9 Å². The van der Waals surface area contributed by atoms with Gasteiger partial charge in [0.2, 0.25) is 0 Å². The number of nitrogens with zero attached hydrogens (tertiary/aromatic N) is 1. The number of hydrogen-bond donors (Lipinski definition) is 2. The minimum atomic E-state index is -1.03. The van der Waals surface area contributed by atoms with Crippen molar-refractivity contribution in [2.24, 2.45) is 5.92 Å². The number of ether oxygens (including phenoxy) is 1. The van der Waals surface area contributed by atoms with Gasteiger partial charge in [0.15, 0.2) is 0 Å². The highest BCUT2D eigenvalue weighted by atomic mass is 16.5. The molecule has 0 saturated carbocycles. The SMILES string of the molecule is CCC(CC)CN(CC)C(=O)NC(CCOC)C(=O)O. The normalized spacial score (nSPS) is 12.2. The molecule has 1 unspecified atom stereocenters. The van der Waals surface area contributed by atoms with Crippen LogP contribution in [0.2, 0.25) is 0 Å². The second-order valence-electron chi connectivity index (χ2n) is 4.84. The van der Waals surface area contributed by atoms with Gasteiger partial charge in [0.25, 0.3) is 0 Å². The highest BCUT2D eigenvalue weighted by Gasteiger charge is 2.23. The number of nitrogens with one attached hydrogen (secondary N) is 1. The average molecular weight is 288 g/mol. The standard InChI is InChI=1S/C14H28N2O4/c1-5-11(6-2)10-16(7-3)14(19)15-12(13(17)18)8-9-20-4/h11-12H,5-10H2,1-4H3,(H,15,19)(H,17,18). The van der Waals surface area contributed by atoms with Crippen LogP contribution in [0.5, 0.6) is 0 Å². The lowest BCUT2D eigenvalue weighted by Gasteiger charge is -2.27. The van der Waals surface area contributed by atoms with Gasteiger partial charge in [-0.1, -0.05) is 26.7 Å². The summed E-state index contributed by atoms with van der Waals surface area (Å²) in [5.74, 6) is -0.586. The van der Waals surface area contributed by atoms with Gasteiger partial charge in [0.05, 0.1) is 0 Å². The van der Waals surface area contributed by atoms with Crippen molar-refractivity contribution in [1.29, 1.82) is 0 Å². The zero-order valence-electron chi connectivity index (χ0n) is 13.0. The van der Waals surface area contributed by atoms with Gasteiger partial charge >= 0.3 is 12.0 Å². The van der Waals surface area contributed by atoms with Crippen molar-refractivity contribution < 1.29 is 19.4 Å². The molecule has 20 heavy (non-hydrogen) atoms. The fourth-order valence-electron chi connectivity index (χ4n) is 1.95. The maximum atomic E-state index is 12.1. The van der Waals surface area contributed by atoms with Crippen LogP contribution < -0.4 is 5.32 Å². The van der Waals surface area contributed by atoms with Gasteiger partial charge in [-0.05, 0) is 12.8 Å². The Labute approximate surface area is 121 Å². The summed E-state index contributed by atoms with van der Waals surface area (Å²) < 4.78 is 4.86. The first-order valence-corrected chi connectivity index (χ1v) is 7.27. The number of aliphatic carboxylic acids is 1. The van der Waals surface area contributed by atoms with Crippen molar-refractivity contribution in [1.82, 2.24) is 10.2 Å².